The highest BCUT2D eigenvalue weighted by Crippen LogP contribution is 2.32. The van der Waals surface area contributed by atoms with Gasteiger partial charge in [0.15, 0.2) is 5.82 Å². The molecule has 8 heteroatoms. The molecular weight excluding hydrogens is 394 g/mol. The Morgan fingerprint density at radius 2 is 1.90 bits per heavy atom. The van der Waals surface area contributed by atoms with Crippen LogP contribution >= 0.6 is 0 Å². The highest BCUT2D eigenvalue weighted by molar-refractivity contribution is 6.07. The van der Waals surface area contributed by atoms with Gasteiger partial charge in [-0.25, -0.2) is 9.97 Å². The number of aliphatic hydroxyl groups is 1. The van der Waals surface area contributed by atoms with Crippen molar-refractivity contribution in [3.8, 4) is 5.75 Å². The molecule has 0 aliphatic rings. The summed E-state index contributed by atoms with van der Waals surface area (Å²) in [5.41, 5.74) is 7.62. The number of rotatable bonds is 9. The fourth-order valence-electron chi connectivity index (χ4n) is 3.76. The van der Waals surface area contributed by atoms with Gasteiger partial charge >= 0.3 is 0 Å². The Hall–Kier alpha value is -3.10. The molecule has 31 heavy (non-hydrogen) atoms. The van der Waals surface area contributed by atoms with Crippen molar-refractivity contribution in [2.24, 2.45) is 0 Å². The lowest BCUT2D eigenvalue weighted by molar-refractivity contribution is 0.0615. The number of ether oxygens (including phenoxy) is 2. The van der Waals surface area contributed by atoms with Crippen LogP contribution in [0.15, 0.2) is 42.7 Å². The van der Waals surface area contributed by atoms with E-state index in [1.54, 1.807) is 21.0 Å². The van der Waals surface area contributed by atoms with Crippen LogP contribution in [0.25, 0.3) is 21.9 Å². The van der Waals surface area contributed by atoms with Crippen LogP contribution in [0.1, 0.15) is 19.7 Å². The van der Waals surface area contributed by atoms with Crippen molar-refractivity contribution in [2.75, 3.05) is 26.1 Å². The van der Waals surface area contributed by atoms with Gasteiger partial charge in [-0.1, -0.05) is 0 Å². The van der Waals surface area contributed by atoms with Crippen LogP contribution in [0.3, 0.4) is 0 Å². The molecule has 3 heterocycles. The third-order valence-electron chi connectivity index (χ3n) is 5.11. The summed E-state index contributed by atoms with van der Waals surface area (Å²) in [5.74, 6) is 1.91. The van der Waals surface area contributed by atoms with Crippen LogP contribution in [0.4, 0.5) is 5.82 Å². The van der Waals surface area contributed by atoms with Crippen LogP contribution < -0.4 is 10.5 Å². The lowest BCUT2D eigenvalue weighted by atomic mass is 10.1. The lowest BCUT2D eigenvalue weighted by Gasteiger charge is -2.20. The summed E-state index contributed by atoms with van der Waals surface area (Å²) in [6.45, 7) is 5.79. The predicted octanol–water partition coefficient (Wildman–Crippen LogP) is 3.01. The molecular formula is C23H29N5O3. The number of benzene rings is 1. The zero-order valence-corrected chi connectivity index (χ0v) is 18.2. The number of hydrogen-bond donors (Lipinski definition) is 2. The molecule has 0 aliphatic carbocycles. The van der Waals surface area contributed by atoms with Crippen molar-refractivity contribution in [3.05, 3.63) is 48.5 Å². The Morgan fingerprint density at radius 1 is 1.13 bits per heavy atom. The van der Waals surface area contributed by atoms with Crippen LogP contribution in [0, 0.1) is 0 Å². The summed E-state index contributed by atoms with van der Waals surface area (Å²) in [5, 5.41) is 11.4. The molecule has 4 rings (SSSR count). The fraction of sp³-hybridized carbons (Fsp3) is 0.391. The molecule has 0 saturated heterocycles. The number of nitrogens with zero attached hydrogens (tertiary/aromatic N) is 4. The number of nitrogens with two attached hydrogens (primary N) is 1. The predicted molar refractivity (Wildman–Crippen MR) is 121 cm³/mol. The van der Waals surface area contributed by atoms with E-state index in [1.165, 1.54) is 0 Å². The molecule has 1 aromatic carbocycles. The summed E-state index contributed by atoms with van der Waals surface area (Å²) in [4.78, 5) is 9.31. The number of hydrogen-bond acceptors (Lipinski definition) is 6. The van der Waals surface area contributed by atoms with Crippen molar-refractivity contribution in [3.63, 3.8) is 0 Å². The van der Waals surface area contributed by atoms with Crippen molar-refractivity contribution >= 4 is 27.8 Å². The first kappa shape index (κ1) is 21.1. The normalized spacial score (nSPS) is 12.1. The molecule has 0 radical (unpaired) electrons. The zero-order valence-electron chi connectivity index (χ0n) is 18.2. The average molecular weight is 424 g/mol. The van der Waals surface area contributed by atoms with Crippen LogP contribution in [-0.4, -0.2) is 50.1 Å². The number of fused-ring (bicyclic) bond motifs is 3. The third-order valence-corrected chi connectivity index (χ3v) is 5.11. The summed E-state index contributed by atoms with van der Waals surface area (Å²) in [7, 11) is 1.66. The van der Waals surface area contributed by atoms with Crippen molar-refractivity contribution in [1.29, 1.82) is 0 Å². The highest BCUT2D eigenvalue weighted by Gasteiger charge is 2.22. The van der Waals surface area contributed by atoms with E-state index >= 15 is 0 Å². The molecule has 0 fully saturated rings. The van der Waals surface area contributed by atoms with E-state index in [0.717, 1.165) is 34.5 Å². The third kappa shape index (κ3) is 4.65. The molecule has 164 valence electrons. The summed E-state index contributed by atoms with van der Waals surface area (Å²) in [6, 6.07) is 9.80. The minimum atomic E-state index is -0.915. The maximum absolute atomic E-state index is 10.5. The molecule has 0 bridgehead atoms. The number of imidazole rings is 1. The Bertz CT molecular complexity index is 1180. The SMILES string of the molecule is COCCc1nc2c(N)nc3cc(OCCn4cccc4)ccc3c2n1CC(C)(C)O. The van der Waals surface area contributed by atoms with Crippen LogP contribution in [-0.2, 0) is 24.2 Å². The number of aromatic nitrogens is 4. The van der Waals surface area contributed by atoms with E-state index in [1.807, 2.05) is 47.3 Å². The molecule has 0 saturated carbocycles. The van der Waals surface area contributed by atoms with Gasteiger partial charge in [-0.05, 0) is 38.1 Å². The van der Waals surface area contributed by atoms with E-state index in [2.05, 4.69) is 9.55 Å². The molecule has 8 nitrogen and oxygen atoms in total. The van der Waals surface area contributed by atoms with E-state index in [-0.39, 0.29) is 0 Å². The van der Waals surface area contributed by atoms with Gasteiger partial charge in [0.2, 0.25) is 0 Å². The van der Waals surface area contributed by atoms with E-state index < -0.39 is 5.60 Å². The highest BCUT2D eigenvalue weighted by atomic mass is 16.5. The number of nitrogen functional groups attached to an aromatic ring is 1. The molecule has 0 unspecified atom stereocenters. The minimum absolute atomic E-state index is 0.361. The second-order valence-electron chi connectivity index (χ2n) is 8.31. The van der Waals surface area contributed by atoms with Gasteiger partial charge in [0.05, 0.1) is 36.3 Å². The number of anilines is 1. The molecule has 3 N–H and O–H groups in total. The maximum Gasteiger partial charge on any atom is 0.152 e. The van der Waals surface area contributed by atoms with Crippen molar-refractivity contribution in [2.45, 2.75) is 39.0 Å². The molecule has 0 amide bonds. The fourth-order valence-corrected chi connectivity index (χ4v) is 3.76. The Kier molecular flexibility index (Phi) is 5.84. The van der Waals surface area contributed by atoms with E-state index in [4.69, 9.17) is 20.2 Å². The van der Waals surface area contributed by atoms with Gasteiger partial charge in [-0.2, -0.15) is 0 Å². The van der Waals surface area contributed by atoms with Gasteiger partial charge in [-0.3, -0.25) is 0 Å². The Balaban J connectivity index is 1.73. The molecule has 4 aromatic rings. The standard InChI is InChI=1S/C23H29N5O3/c1-23(2,29)15-28-19(8-12-30-3)26-20-21(28)17-7-6-16(14-18(17)25-22(20)24)31-13-11-27-9-4-5-10-27/h4-7,9-10,14,29H,8,11-13,15H2,1-3H3,(H2,24,25). The second kappa shape index (κ2) is 8.56. The molecule has 0 spiro atoms. The largest absolute Gasteiger partial charge is 0.492 e. The minimum Gasteiger partial charge on any atom is -0.492 e. The first-order valence-corrected chi connectivity index (χ1v) is 10.4. The summed E-state index contributed by atoms with van der Waals surface area (Å²) in [6.07, 6.45) is 4.63. The lowest BCUT2D eigenvalue weighted by Crippen LogP contribution is -2.27. The number of pyridine rings is 1. The summed E-state index contributed by atoms with van der Waals surface area (Å²) < 4.78 is 15.3. The summed E-state index contributed by atoms with van der Waals surface area (Å²) >= 11 is 0. The smallest absolute Gasteiger partial charge is 0.152 e. The molecule has 3 aromatic heterocycles. The zero-order chi connectivity index (χ0) is 22.0. The van der Waals surface area contributed by atoms with Gasteiger partial charge in [0.25, 0.3) is 0 Å². The Labute approximate surface area is 181 Å². The number of methoxy groups -OCH3 is 1. The van der Waals surface area contributed by atoms with Gasteiger partial charge in [-0.15, -0.1) is 0 Å². The van der Waals surface area contributed by atoms with Gasteiger partial charge < -0.3 is 29.4 Å². The van der Waals surface area contributed by atoms with E-state index in [9.17, 15) is 5.11 Å². The molecule has 0 atom stereocenters. The second-order valence-corrected chi connectivity index (χ2v) is 8.31. The van der Waals surface area contributed by atoms with Crippen LogP contribution in [0.2, 0.25) is 0 Å². The average Bonchev–Trinajstić information content (AvgIpc) is 3.34. The first-order valence-electron chi connectivity index (χ1n) is 10.4. The maximum atomic E-state index is 10.5. The van der Waals surface area contributed by atoms with Gasteiger partial charge in [0.1, 0.15) is 23.7 Å². The first-order chi connectivity index (χ1) is 14.9. The van der Waals surface area contributed by atoms with Crippen LogP contribution in [0.5, 0.6) is 5.75 Å². The van der Waals surface area contributed by atoms with E-state index in [0.29, 0.717) is 37.5 Å². The monoisotopic (exact) mass is 423 g/mol. The van der Waals surface area contributed by atoms with Crippen molar-refractivity contribution in [1.82, 2.24) is 19.1 Å². The van der Waals surface area contributed by atoms with Crippen molar-refractivity contribution < 1.29 is 14.6 Å². The van der Waals surface area contributed by atoms with Gasteiger partial charge in [0, 0.05) is 37.4 Å². The Morgan fingerprint density at radius 3 is 2.61 bits per heavy atom. The quantitative estimate of drug-likeness (QED) is 0.429. The molecule has 0 aliphatic heterocycles. The topological polar surface area (TPSA) is 100 Å².